The molecule has 1 aromatic heterocycles. The monoisotopic (exact) mass is 324 g/mol. The minimum Gasteiger partial charge on any atom is -0.394 e. The average Bonchev–Trinajstić information content (AvgIpc) is 2.77. The van der Waals surface area contributed by atoms with Crippen molar-refractivity contribution in [3.8, 4) is 11.3 Å². The number of aryl methyl sites for hydroxylation is 1. The summed E-state index contributed by atoms with van der Waals surface area (Å²) in [4.78, 5) is 12.8. The van der Waals surface area contributed by atoms with Crippen LogP contribution in [-0.2, 0) is 12.5 Å². The fourth-order valence-electron chi connectivity index (χ4n) is 1.63. The van der Waals surface area contributed by atoms with E-state index in [2.05, 4.69) is 22.4 Å². The normalized spacial score (nSPS) is 9.71. The van der Waals surface area contributed by atoms with Gasteiger partial charge in [0.15, 0.2) is 18.2 Å². The van der Waals surface area contributed by atoms with Crippen molar-refractivity contribution in [1.82, 2.24) is 14.8 Å². The van der Waals surface area contributed by atoms with E-state index in [1.54, 1.807) is 14.1 Å². The summed E-state index contributed by atoms with van der Waals surface area (Å²) in [5.74, 6) is 0.0919. The standard InChI is InChI=1S/C13H13ClN4O.OS/c1-9-5-7-10(8-6-9)11-12(14)16-13(15-2)18(11)19-17(3)4;1-2/h5-8H,1,3-4H3;. The molecule has 0 aliphatic carbocycles. The van der Waals surface area contributed by atoms with Crippen LogP contribution in [-0.4, -0.2) is 33.1 Å². The van der Waals surface area contributed by atoms with Crippen molar-refractivity contribution in [3.05, 3.63) is 46.4 Å². The van der Waals surface area contributed by atoms with Crippen LogP contribution < -0.4 is 4.94 Å². The van der Waals surface area contributed by atoms with Gasteiger partial charge in [-0.2, -0.15) is 4.21 Å². The van der Waals surface area contributed by atoms with E-state index in [-0.39, 0.29) is 11.1 Å². The zero-order valence-electron chi connectivity index (χ0n) is 11.7. The van der Waals surface area contributed by atoms with Crippen molar-refractivity contribution < 1.29 is 9.15 Å². The van der Waals surface area contributed by atoms with Gasteiger partial charge in [-0.25, -0.2) is 0 Å². The first-order valence-electron chi connectivity index (χ1n) is 5.78. The number of hydrogen-bond donors (Lipinski definition) is 0. The molecule has 6 nitrogen and oxygen atoms in total. The number of imidazole rings is 1. The molecule has 0 aliphatic rings. The number of aromatic nitrogens is 2. The summed E-state index contributed by atoms with van der Waals surface area (Å²) in [6, 6.07) is 7.77. The van der Waals surface area contributed by atoms with E-state index >= 15 is 0 Å². The van der Waals surface area contributed by atoms with Crippen LogP contribution in [0.5, 0.6) is 0 Å². The summed E-state index contributed by atoms with van der Waals surface area (Å²) >= 11 is 8.95. The molecule has 0 aliphatic heterocycles. The van der Waals surface area contributed by atoms with Crippen LogP contribution in [0.4, 0.5) is 5.95 Å². The maximum atomic E-state index is 7.83. The van der Waals surface area contributed by atoms with Gasteiger partial charge in [-0.05, 0) is 18.5 Å². The van der Waals surface area contributed by atoms with Crippen LogP contribution in [0.2, 0.25) is 5.15 Å². The molecule has 0 radical (unpaired) electrons. The topological polar surface area (TPSA) is 51.7 Å². The van der Waals surface area contributed by atoms with Gasteiger partial charge >= 0.3 is 5.95 Å². The first-order chi connectivity index (χ1) is 10.0. The molecule has 2 rings (SSSR count). The highest BCUT2D eigenvalue weighted by Crippen LogP contribution is 2.31. The molecule has 0 bridgehead atoms. The lowest BCUT2D eigenvalue weighted by molar-refractivity contribution is -0.120. The zero-order chi connectivity index (χ0) is 16.0. The van der Waals surface area contributed by atoms with Crippen molar-refractivity contribution in [2.24, 2.45) is 0 Å². The molecule has 0 saturated heterocycles. The number of nitrogens with zero attached hydrogens (tertiary/aromatic N) is 4. The molecule has 21 heavy (non-hydrogen) atoms. The summed E-state index contributed by atoms with van der Waals surface area (Å²) in [5, 5.41) is 1.72. The van der Waals surface area contributed by atoms with E-state index in [4.69, 9.17) is 27.3 Å². The first kappa shape index (κ1) is 17.0. The predicted molar refractivity (Wildman–Crippen MR) is 82.1 cm³/mol. The van der Waals surface area contributed by atoms with Gasteiger partial charge in [0.05, 0.1) is 0 Å². The smallest absolute Gasteiger partial charge is 0.379 e. The molecule has 1 heterocycles. The van der Waals surface area contributed by atoms with Crippen molar-refractivity contribution in [2.75, 3.05) is 14.1 Å². The third kappa shape index (κ3) is 3.98. The number of halogens is 1. The van der Waals surface area contributed by atoms with Gasteiger partial charge in [0, 0.05) is 19.7 Å². The molecule has 2 aromatic rings. The van der Waals surface area contributed by atoms with E-state index in [0.717, 1.165) is 11.1 Å². The molecule has 0 atom stereocenters. The summed E-state index contributed by atoms with van der Waals surface area (Å²) in [6.07, 6.45) is 0. The molecule has 0 spiro atoms. The molecule has 110 valence electrons. The van der Waals surface area contributed by atoms with E-state index in [1.807, 2.05) is 31.2 Å². The summed E-state index contributed by atoms with van der Waals surface area (Å²) < 4.78 is 9.17. The minimum absolute atomic E-state index is 0.0919. The lowest BCUT2D eigenvalue weighted by Crippen LogP contribution is -2.26. The summed E-state index contributed by atoms with van der Waals surface area (Å²) in [6.45, 7) is 9.12. The Labute approximate surface area is 133 Å². The Hall–Kier alpha value is -2.01. The molecular formula is C13H13ClN4O2S. The van der Waals surface area contributed by atoms with Crippen LogP contribution in [0.3, 0.4) is 0 Å². The Bertz CT molecular complexity index is 649. The van der Waals surface area contributed by atoms with E-state index in [0.29, 0.717) is 5.69 Å². The molecule has 1 aromatic carbocycles. The Morgan fingerprint density at radius 1 is 1.33 bits per heavy atom. The number of hydrogen-bond acceptors (Lipinski definition) is 5. The molecule has 0 N–H and O–H groups in total. The molecule has 0 amide bonds. The number of rotatable bonds is 3. The van der Waals surface area contributed by atoms with Crippen LogP contribution in [0.15, 0.2) is 24.3 Å². The summed E-state index contributed by atoms with van der Waals surface area (Å²) in [5.41, 5.74) is 2.56. The second-order valence-corrected chi connectivity index (χ2v) is 4.58. The van der Waals surface area contributed by atoms with Crippen LogP contribution in [0.1, 0.15) is 5.56 Å². The SMILES string of the molecule is O=S.[C-]#[N+]c1nc(Cl)c(-c2ccc(C)cc2)n1ON(C)C. The van der Waals surface area contributed by atoms with Crippen LogP contribution in [0.25, 0.3) is 16.1 Å². The third-order valence-corrected chi connectivity index (χ3v) is 2.71. The molecule has 8 heteroatoms. The first-order valence-corrected chi connectivity index (χ1v) is 6.49. The van der Waals surface area contributed by atoms with Gasteiger partial charge in [0.25, 0.3) is 0 Å². The molecule has 0 fully saturated rings. The predicted octanol–water partition coefficient (Wildman–Crippen LogP) is 2.63. The quantitative estimate of drug-likeness (QED) is 0.641. The lowest BCUT2D eigenvalue weighted by atomic mass is 10.1. The van der Waals surface area contributed by atoms with Crippen molar-refractivity contribution in [1.29, 1.82) is 0 Å². The average molecular weight is 325 g/mol. The fourth-order valence-corrected chi connectivity index (χ4v) is 1.89. The highest BCUT2D eigenvalue weighted by molar-refractivity contribution is 7.44. The van der Waals surface area contributed by atoms with Crippen molar-refractivity contribution >= 4 is 30.1 Å². The summed E-state index contributed by atoms with van der Waals surface area (Å²) in [7, 11) is 3.45. The Morgan fingerprint density at radius 3 is 2.38 bits per heavy atom. The van der Waals surface area contributed by atoms with Gasteiger partial charge in [-0.3, -0.25) is 4.94 Å². The highest BCUT2D eigenvalue weighted by atomic mass is 35.5. The van der Waals surface area contributed by atoms with Crippen molar-refractivity contribution in [2.45, 2.75) is 6.92 Å². The van der Waals surface area contributed by atoms with Gasteiger partial charge in [0.2, 0.25) is 5.15 Å². The van der Waals surface area contributed by atoms with Crippen molar-refractivity contribution in [3.63, 3.8) is 0 Å². The Balaban J connectivity index is 0.00000106. The highest BCUT2D eigenvalue weighted by Gasteiger charge is 2.23. The number of benzene rings is 1. The lowest BCUT2D eigenvalue weighted by Gasteiger charge is -2.12. The zero-order valence-corrected chi connectivity index (χ0v) is 13.3. The minimum atomic E-state index is 0.0919. The van der Waals surface area contributed by atoms with Gasteiger partial charge in [-0.1, -0.05) is 34.6 Å². The van der Waals surface area contributed by atoms with Crippen LogP contribution >= 0.6 is 11.6 Å². The largest absolute Gasteiger partial charge is 0.394 e. The molecule has 0 saturated carbocycles. The fraction of sp³-hybridized carbons (Fsp3) is 0.231. The van der Waals surface area contributed by atoms with E-state index < -0.39 is 0 Å². The van der Waals surface area contributed by atoms with Gasteiger partial charge in [-0.15, -0.1) is 16.6 Å². The van der Waals surface area contributed by atoms with Crippen LogP contribution in [0, 0.1) is 13.5 Å². The van der Waals surface area contributed by atoms with Gasteiger partial charge in [0.1, 0.15) is 0 Å². The second-order valence-electron chi connectivity index (χ2n) is 4.22. The number of hydroxylamine groups is 2. The Morgan fingerprint density at radius 2 is 1.90 bits per heavy atom. The third-order valence-electron chi connectivity index (χ3n) is 2.45. The second kappa shape index (κ2) is 7.69. The molecule has 0 unspecified atom stereocenters. The maximum absolute atomic E-state index is 7.83. The van der Waals surface area contributed by atoms with Gasteiger partial charge < -0.3 is 4.85 Å². The van der Waals surface area contributed by atoms with E-state index in [9.17, 15) is 0 Å². The molecular weight excluding hydrogens is 312 g/mol. The van der Waals surface area contributed by atoms with E-state index in [1.165, 1.54) is 9.79 Å². The maximum Gasteiger partial charge on any atom is 0.379 e. The Kier molecular flexibility index (Phi) is 6.24.